The molecule has 4 rings (SSSR count). The van der Waals surface area contributed by atoms with Crippen LogP contribution in [-0.4, -0.2) is 24.3 Å². The number of phenolic OH excluding ortho intramolecular Hbond substituents is 1. The van der Waals surface area contributed by atoms with Crippen molar-refractivity contribution in [3.8, 4) is 17.2 Å². The number of benzene rings is 2. The summed E-state index contributed by atoms with van der Waals surface area (Å²) in [7, 11) is 3.21. The summed E-state index contributed by atoms with van der Waals surface area (Å²) >= 11 is 0. The molecule has 0 bridgehead atoms. The number of H-pyrrole nitrogens is 1. The van der Waals surface area contributed by atoms with Crippen molar-refractivity contribution in [2.75, 3.05) is 19.5 Å². The number of fused-ring (bicyclic) bond motifs is 1. The molecule has 0 amide bonds. The van der Waals surface area contributed by atoms with E-state index in [-0.39, 0.29) is 11.8 Å². The fourth-order valence-corrected chi connectivity index (χ4v) is 3.39. The second-order valence-corrected chi connectivity index (χ2v) is 6.55. The van der Waals surface area contributed by atoms with Gasteiger partial charge < -0.3 is 14.6 Å². The van der Waals surface area contributed by atoms with E-state index >= 15 is 0 Å². The van der Waals surface area contributed by atoms with Crippen molar-refractivity contribution < 1.29 is 19.6 Å². The molecule has 4 aromatic rings. The number of ether oxygens (including phenoxy) is 2. The summed E-state index contributed by atoms with van der Waals surface area (Å²) in [5.74, 6) is 2.22. The number of aromatic hydroxyl groups is 1. The van der Waals surface area contributed by atoms with Gasteiger partial charge in [0.25, 0.3) is 5.82 Å². The highest BCUT2D eigenvalue weighted by Crippen LogP contribution is 2.38. The Morgan fingerprint density at radius 2 is 1.83 bits per heavy atom. The molecule has 6 heteroatoms. The molecule has 29 heavy (non-hydrogen) atoms. The minimum Gasteiger partial charge on any atom is -0.505 e. The number of nitrogens with one attached hydrogen (secondary N) is 2. The van der Waals surface area contributed by atoms with E-state index in [1.54, 1.807) is 20.4 Å². The minimum atomic E-state index is -0.347. The molecule has 1 atom stereocenters. The van der Waals surface area contributed by atoms with Crippen molar-refractivity contribution in [3.63, 3.8) is 0 Å². The van der Waals surface area contributed by atoms with Crippen LogP contribution in [0.4, 0.5) is 5.82 Å². The smallest absolute Gasteiger partial charge is 0.272 e. The summed E-state index contributed by atoms with van der Waals surface area (Å²) in [5.41, 5.74) is 2.18. The third-order valence-electron chi connectivity index (χ3n) is 4.84. The van der Waals surface area contributed by atoms with Crippen LogP contribution in [0.3, 0.4) is 0 Å². The Hall–Kier alpha value is -3.80. The Kier molecular flexibility index (Phi) is 5.16. The van der Waals surface area contributed by atoms with Gasteiger partial charge in [-0.25, -0.2) is 4.98 Å². The third-order valence-corrected chi connectivity index (χ3v) is 4.84. The molecule has 0 radical (unpaired) electrons. The molecule has 0 aliphatic carbocycles. The van der Waals surface area contributed by atoms with E-state index in [4.69, 9.17) is 9.47 Å². The van der Waals surface area contributed by atoms with Gasteiger partial charge in [-0.2, -0.15) is 0 Å². The molecule has 146 valence electrons. The van der Waals surface area contributed by atoms with Crippen LogP contribution in [0.25, 0.3) is 10.9 Å². The summed E-state index contributed by atoms with van der Waals surface area (Å²) in [4.78, 5) is 7.54. The van der Waals surface area contributed by atoms with Gasteiger partial charge >= 0.3 is 0 Å². The van der Waals surface area contributed by atoms with Crippen molar-refractivity contribution in [2.24, 2.45) is 0 Å². The summed E-state index contributed by atoms with van der Waals surface area (Å²) in [5, 5.41) is 15.4. The first-order valence-corrected chi connectivity index (χ1v) is 9.23. The first-order chi connectivity index (χ1) is 14.2. The van der Waals surface area contributed by atoms with E-state index in [0.29, 0.717) is 22.6 Å². The lowest BCUT2D eigenvalue weighted by Crippen LogP contribution is -2.19. The van der Waals surface area contributed by atoms with Gasteiger partial charge in [-0.15, -0.1) is 0 Å². The van der Waals surface area contributed by atoms with Crippen molar-refractivity contribution in [1.29, 1.82) is 0 Å². The number of hydrogen-bond acceptors (Lipinski definition) is 5. The molecule has 0 saturated carbocycles. The fourth-order valence-electron chi connectivity index (χ4n) is 3.39. The van der Waals surface area contributed by atoms with Crippen molar-refractivity contribution in [3.05, 3.63) is 84.2 Å². The standard InChI is InChI=1S/C23H21N3O3/c1-28-18-11-9-16(14-19(18)29-2)21(26-20-7-3-4-12-24-20)17-10-8-15-6-5-13-25-22(15)23(17)27/h3-14,21,27H,1-2H3,(H,24,26)/p+1/t21-/m1/s1. The van der Waals surface area contributed by atoms with Gasteiger partial charge in [-0.3, -0.25) is 10.3 Å². The molecule has 0 fully saturated rings. The molecule has 2 aromatic heterocycles. The lowest BCUT2D eigenvalue weighted by Gasteiger charge is -2.19. The van der Waals surface area contributed by atoms with Crippen molar-refractivity contribution >= 4 is 16.7 Å². The highest BCUT2D eigenvalue weighted by Gasteiger charge is 2.25. The largest absolute Gasteiger partial charge is 0.505 e. The number of phenols is 1. The average Bonchev–Trinajstić information content (AvgIpc) is 2.78. The molecule has 0 aliphatic heterocycles. The summed E-state index contributed by atoms with van der Waals surface area (Å²) in [6, 6.07) is 18.8. The van der Waals surface area contributed by atoms with E-state index < -0.39 is 0 Å². The number of methoxy groups -OCH3 is 2. The monoisotopic (exact) mass is 388 g/mol. The van der Waals surface area contributed by atoms with E-state index in [1.807, 2.05) is 66.9 Å². The van der Waals surface area contributed by atoms with Gasteiger partial charge in [0.05, 0.1) is 20.4 Å². The Bertz CT molecular complexity index is 1130. The van der Waals surface area contributed by atoms with E-state index in [0.717, 1.165) is 16.8 Å². The van der Waals surface area contributed by atoms with E-state index in [2.05, 4.69) is 15.3 Å². The maximum Gasteiger partial charge on any atom is 0.272 e. The topological polar surface area (TPSA) is 77.8 Å². The van der Waals surface area contributed by atoms with Crippen molar-refractivity contribution in [2.45, 2.75) is 6.04 Å². The van der Waals surface area contributed by atoms with Gasteiger partial charge in [-0.05, 0) is 30.3 Å². The summed E-state index contributed by atoms with van der Waals surface area (Å²) in [6.07, 6.45) is 3.52. The SMILES string of the molecule is COc1ccc([C@@H](Nc2cccc[nH+]2)c2ccc3cccnc3c2O)cc1OC. The summed E-state index contributed by atoms with van der Waals surface area (Å²) in [6.45, 7) is 0. The Morgan fingerprint density at radius 3 is 2.59 bits per heavy atom. The molecule has 0 unspecified atom stereocenters. The van der Waals surface area contributed by atoms with E-state index in [1.165, 1.54) is 0 Å². The van der Waals surface area contributed by atoms with Gasteiger partial charge in [0, 0.05) is 28.8 Å². The van der Waals surface area contributed by atoms with Crippen LogP contribution in [0, 0.1) is 0 Å². The number of pyridine rings is 2. The minimum absolute atomic E-state index is 0.145. The number of hydrogen-bond donors (Lipinski definition) is 2. The Labute approximate surface area is 168 Å². The van der Waals surface area contributed by atoms with Crippen LogP contribution in [0.15, 0.2) is 73.1 Å². The number of nitrogens with zero attached hydrogens (tertiary/aromatic N) is 1. The molecule has 0 saturated heterocycles. The number of aromatic nitrogens is 2. The predicted octanol–water partition coefficient (Wildman–Crippen LogP) is 3.97. The molecule has 0 spiro atoms. The molecule has 2 heterocycles. The Balaban J connectivity index is 1.86. The predicted molar refractivity (Wildman–Crippen MR) is 111 cm³/mol. The second kappa shape index (κ2) is 8.06. The maximum atomic E-state index is 11.0. The molecule has 3 N–H and O–H groups in total. The Morgan fingerprint density at radius 1 is 0.966 bits per heavy atom. The quantitative estimate of drug-likeness (QED) is 0.523. The first kappa shape index (κ1) is 18.6. The zero-order valence-corrected chi connectivity index (χ0v) is 16.2. The fraction of sp³-hybridized carbons (Fsp3) is 0.130. The molecule has 2 aromatic carbocycles. The number of anilines is 1. The molecule has 0 aliphatic rings. The lowest BCUT2D eigenvalue weighted by atomic mass is 9.95. The van der Waals surface area contributed by atoms with Crippen molar-refractivity contribution in [1.82, 2.24) is 4.98 Å². The zero-order valence-electron chi connectivity index (χ0n) is 16.2. The number of aromatic amines is 1. The number of rotatable bonds is 6. The van der Waals surface area contributed by atoms with Gasteiger partial charge in [0.2, 0.25) is 0 Å². The average molecular weight is 388 g/mol. The van der Waals surface area contributed by atoms with Crippen LogP contribution in [0.2, 0.25) is 0 Å². The molecule has 6 nitrogen and oxygen atoms in total. The summed E-state index contributed by atoms with van der Waals surface area (Å²) < 4.78 is 10.8. The van der Waals surface area contributed by atoms with Gasteiger partial charge in [0.1, 0.15) is 17.3 Å². The zero-order chi connectivity index (χ0) is 20.2. The van der Waals surface area contributed by atoms with Crippen LogP contribution in [0.5, 0.6) is 17.2 Å². The first-order valence-electron chi connectivity index (χ1n) is 9.23. The van der Waals surface area contributed by atoms with Crippen LogP contribution >= 0.6 is 0 Å². The van der Waals surface area contributed by atoms with E-state index in [9.17, 15) is 5.11 Å². The second-order valence-electron chi connectivity index (χ2n) is 6.55. The lowest BCUT2D eigenvalue weighted by molar-refractivity contribution is -0.361. The maximum absolute atomic E-state index is 11.0. The van der Waals surface area contributed by atoms with Crippen LogP contribution < -0.4 is 19.8 Å². The molecular weight excluding hydrogens is 366 g/mol. The molecular formula is C23H22N3O3+. The highest BCUT2D eigenvalue weighted by atomic mass is 16.5. The van der Waals surface area contributed by atoms with Crippen LogP contribution in [0.1, 0.15) is 17.2 Å². The normalized spacial score (nSPS) is 11.8. The van der Waals surface area contributed by atoms with Crippen LogP contribution in [-0.2, 0) is 0 Å². The van der Waals surface area contributed by atoms with Gasteiger partial charge in [-0.1, -0.05) is 24.3 Å². The van der Waals surface area contributed by atoms with Gasteiger partial charge in [0.15, 0.2) is 11.5 Å². The third kappa shape index (κ3) is 3.65. The highest BCUT2D eigenvalue weighted by molar-refractivity contribution is 5.86.